The van der Waals surface area contributed by atoms with Gasteiger partial charge in [-0.25, -0.2) is 0 Å². The molecular weight excluding hydrogens is 178 g/mol. The molecule has 3 aliphatic carbocycles. The zero-order chi connectivity index (χ0) is 9.60. The maximum absolute atomic E-state index is 6.43. The lowest BCUT2D eigenvalue weighted by Gasteiger charge is -2.47. The summed E-state index contributed by atoms with van der Waals surface area (Å²) in [7, 11) is 0. The Kier molecular flexibility index (Phi) is 1.65. The van der Waals surface area contributed by atoms with Gasteiger partial charge in [-0.1, -0.05) is 18.1 Å². The number of hydrogen-bond donors (Lipinski definition) is 2. The van der Waals surface area contributed by atoms with Gasteiger partial charge in [0.15, 0.2) is 5.82 Å². The largest absolute Gasteiger partial charge is 0.318 e. The summed E-state index contributed by atoms with van der Waals surface area (Å²) in [5.74, 6) is 2.06. The molecule has 5 heteroatoms. The van der Waals surface area contributed by atoms with Crippen LogP contribution in [0.3, 0.4) is 0 Å². The van der Waals surface area contributed by atoms with Crippen molar-refractivity contribution in [2.75, 3.05) is 0 Å². The lowest BCUT2D eigenvalue weighted by atomic mass is 9.60. The van der Waals surface area contributed by atoms with E-state index in [9.17, 15) is 0 Å². The van der Waals surface area contributed by atoms with E-state index < -0.39 is 0 Å². The van der Waals surface area contributed by atoms with Gasteiger partial charge in [-0.3, -0.25) is 0 Å². The van der Waals surface area contributed by atoms with E-state index in [1.54, 1.807) is 0 Å². The number of nitrogens with two attached hydrogens (primary N) is 1. The third-order valence-electron chi connectivity index (χ3n) is 3.96. The molecule has 0 amide bonds. The molecule has 0 aliphatic heterocycles. The van der Waals surface area contributed by atoms with Crippen molar-refractivity contribution in [3.05, 3.63) is 5.82 Å². The molecule has 14 heavy (non-hydrogen) atoms. The SMILES string of the molecule is NC1(c2nn[nH]n2)CC2CCC1CC2. The summed E-state index contributed by atoms with van der Waals surface area (Å²) in [6, 6.07) is 0. The predicted octanol–water partition coefficient (Wildman–Crippen LogP) is 0.564. The van der Waals surface area contributed by atoms with Gasteiger partial charge in [-0.05, 0) is 31.1 Å². The Balaban J connectivity index is 1.96. The summed E-state index contributed by atoms with van der Waals surface area (Å²) in [5, 5.41) is 14.2. The monoisotopic (exact) mass is 193 g/mol. The minimum absolute atomic E-state index is 0.297. The molecule has 0 radical (unpaired) electrons. The van der Waals surface area contributed by atoms with E-state index in [0.717, 1.165) is 12.3 Å². The summed E-state index contributed by atoms with van der Waals surface area (Å²) < 4.78 is 0. The molecule has 0 aromatic carbocycles. The first-order valence-electron chi connectivity index (χ1n) is 5.32. The van der Waals surface area contributed by atoms with Crippen molar-refractivity contribution in [1.29, 1.82) is 0 Å². The zero-order valence-corrected chi connectivity index (χ0v) is 8.11. The van der Waals surface area contributed by atoms with Crippen LogP contribution in [0.2, 0.25) is 0 Å². The van der Waals surface area contributed by atoms with Crippen LogP contribution < -0.4 is 5.73 Å². The molecule has 0 spiro atoms. The molecule has 3 saturated carbocycles. The highest BCUT2D eigenvalue weighted by atomic mass is 15.5. The fourth-order valence-electron chi connectivity index (χ4n) is 3.16. The second-order valence-corrected chi connectivity index (χ2v) is 4.70. The van der Waals surface area contributed by atoms with E-state index in [2.05, 4.69) is 20.6 Å². The van der Waals surface area contributed by atoms with Crippen LogP contribution in [-0.4, -0.2) is 20.6 Å². The third-order valence-corrected chi connectivity index (χ3v) is 3.96. The van der Waals surface area contributed by atoms with E-state index >= 15 is 0 Å². The van der Waals surface area contributed by atoms with Crippen LogP contribution >= 0.6 is 0 Å². The fourth-order valence-corrected chi connectivity index (χ4v) is 3.16. The predicted molar refractivity (Wildman–Crippen MR) is 50.1 cm³/mol. The van der Waals surface area contributed by atoms with E-state index in [1.807, 2.05) is 0 Å². The van der Waals surface area contributed by atoms with Crippen molar-refractivity contribution in [2.24, 2.45) is 17.6 Å². The molecule has 1 unspecified atom stereocenters. The van der Waals surface area contributed by atoms with Gasteiger partial charge in [0, 0.05) is 0 Å². The molecule has 2 bridgehead atoms. The maximum Gasteiger partial charge on any atom is 0.194 e. The Bertz CT molecular complexity index is 314. The van der Waals surface area contributed by atoms with Crippen LogP contribution in [0.15, 0.2) is 0 Å². The Labute approximate surface area is 82.5 Å². The molecule has 4 rings (SSSR count). The Morgan fingerprint density at radius 1 is 1.29 bits per heavy atom. The number of aromatic amines is 1. The standard InChI is InChI=1S/C9H15N5/c10-9(8-11-13-14-12-8)5-6-1-3-7(9)4-2-6/h6-7H,1-5,10H2,(H,11,12,13,14). The maximum atomic E-state index is 6.43. The van der Waals surface area contributed by atoms with Crippen molar-refractivity contribution < 1.29 is 0 Å². The van der Waals surface area contributed by atoms with Gasteiger partial charge < -0.3 is 5.73 Å². The molecule has 5 nitrogen and oxygen atoms in total. The lowest BCUT2D eigenvalue weighted by molar-refractivity contribution is 0.0623. The molecule has 3 aliphatic rings. The number of aromatic nitrogens is 4. The van der Waals surface area contributed by atoms with Crippen LogP contribution in [0.4, 0.5) is 0 Å². The van der Waals surface area contributed by atoms with Crippen molar-refractivity contribution >= 4 is 0 Å². The average molecular weight is 193 g/mol. The van der Waals surface area contributed by atoms with Gasteiger partial charge in [-0.2, -0.15) is 5.21 Å². The lowest BCUT2D eigenvalue weighted by Crippen LogP contribution is -2.52. The summed E-state index contributed by atoms with van der Waals surface area (Å²) in [6.07, 6.45) is 6.17. The van der Waals surface area contributed by atoms with Crippen LogP contribution in [0.5, 0.6) is 0 Å². The minimum atomic E-state index is -0.297. The summed E-state index contributed by atoms with van der Waals surface area (Å²) in [4.78, 5) is 0. The van der Waals surface area contributed by atoms with Gasteiger partial charge in [0.2, 0.25) is 0 Å². The number of fused-ring (bicyclic) bond motifs is 3. The second-order valence-electron chi connectivity index (χ2n) is 4.70. The molecule has 3 fully saturated rings. The summed E-state index contributed by atoms with van der Waals surface area (Å²) in [5.41, 5.74) is 6.13. The first-order valence-corrected chi connectivity index (χ1v) is 5.32. The summed E-state index contributed by atoms with van der Waals surface area (Å²) in [6.45, 7) is 0. The van der Waals surface area contributed by atoms with Gasteiger partial charge in [-0.15, -0.1) is 10.2 Å². The number of hydrogen-bond acceptors (Lipinski definition) is 4. The van der Waals surface area contributed by atoms with E-state index in [-0.39, 0.29) is 5.54 Å². The average Bonchev–Trinajstić information content (AvgIpc) is 2.72. The molecule has 1 heterocycles. The molecular formula is C9H15N5. The highest BCUT2D eigenvalue weighted by Crippen LogP contribution is 2.49. The van der Waals surface area contributed by atoms with Gasteiger partial charge in [0.05, 0.1) is 5.54 Å². The molecule has 1 aromatic rings. The number of tetrazole rings is 1. The summed E-state index contributed by atoms with van der Waals surface area (Å²) >= 11 is 0. The van der Waals surface area contributed by atoms with Gasteiger partial charge in [0.1, 0.15) is 0 Å². The first kappa shape index (κ1) is 8.35. The van der Waals surface area contributed by atoms with Crippen LogP contribution in [0, 0.1) is 11.8 Å². The highest BCUT2D eigenvalue weighted by molar-refractivity contribution is 5.10. The third kappa shape index (κ3) is 1.02. The van der Waals surface area contributed by atoms with Gasteiger partial charge in [0.25, 0.3) is 0 Å². The molecule has 1 aromatic heterocycles. The van der Waals surface area contributed by atoms with E-state index in [4.69, 9.17) is 5.73 Å². The topological polar surface area (TPSA) is 80.5 Å². The van der Waals surface area contributed by atoms with Crippen LogP contribution in [0.1, 0.15) is 37.9 Å². The number of nitrogens with one attached hydrogen (secondary N) is 1. The molecule has 3 N–H and O–H groups in total. The Hall–Kier alpha value is -0.970. The first-order chi connectivity index (χ1) is 6.79. The second kappa shape index (κ2) is 2.76. The van der Waals surface area contributed by atoms with Crippen molar-refractivity contribution in [1.82, 2.24) is 20.6 Å². The van der Waals surface area contributed by atoms with Crippen molar-refractivity contribution in [2.45, 2.75) is 37.6 Å². The van der Waals surface area contributed by atoms with Crippen molar-refractivity contribution in [3.63, 3.8) is 0 Å². The zero-order valence-electron chi connectivity index (χ0n) is 8.11. The number of nitrogens with zero attached hydrogens (tertiary/aromatic N) is 3. The molecule has 76 valence electrons. The molecule has 0 saturated heterocycles. The van der Waals surface area contributed by atoms with Crippen LogP contribution in [-0.2, 0) is 5.54 Å². The normalized spacial score (nSPS) is 41.5. The van der Waals surface area contributed by atoms with Crippen molar-refractivity contribution in [3.8, 4) is 0 Å². The van der Waals surface area contributed by atoms with Gasteiger partial charge >= 0.3 is 0 Å². The Morgan fingerprint density at radius 3 is 2.57 bits per heavy atom. The number of H-pyrrole nitrogens is 1. The highest BCUT2D eigenvalue weighted by Gasteiger charge is 2.48. The minimum Gasteiger partial charge on any atom is -0.318 e. The van der Waals surface area contributed by atoms with E-state index in [0.29, 0.717) is 11.7 Å². The van der Waals surface area contributed by atoms with Crippen LogP contribution in [0.25, 0.3) is 0 Å². The Morgan fingerprint density at radius 2 is 2.07 bits per heavy atom. The fraction of sp³-hybridized carbons (Fsp3) is 0.889. The van der Waals surface area contributed by atoms with E-state index in [1.165, 1.54) is 25.7 Å². The smallest absolute Gasteiger partial charge is 0.194 e. The number of rotatable bonds is 1. The molecule has 1 atom stereocenters. The quantitative estimate of drug-likeness (QED) is 0.683.